The van der Waals surface area contributed by atoms with E-state index in [9.17, 15) is 9.59 Å². The highest BCUT2D eigenvalue weighted by atomic mass is 31.1. The average Bonchev–Trinajstić information content (AvgIpc) is 2.74. The first-order valence-corrected chi connectivity index (χ1v) is 9.74. The lowest BCUT2D eigenvalue weighted by Gasteiger charge is -2.32. The molecule has 5 heteroatoms. The molecule has 2 rings (SSSR count). The Hall–Kier alpha value is -1.54. The highest BCUT2D eigenvalue weighted by Gasteiger charge is 2.32. The lowest BCUT2D eigenvalue weighted by atomic mass is 9.75. The Bertz CT molecular complexity index is 827. The lowest BCUT2D eigenvalue weighted by Crippen LogP contribution is -2.22. The molecule has 1 aromatic heterocycles. The van der Waals surface area contributed by atoms with Crippen molar-refractivity contribution in [3.05, 3.63) is 49.7 Å². The summed E-state index contributed by atoms with van der Waals surface area (Å²) in [6.45, 7) is 19.3. The molecule has 0 aliphatic heterocycles. The zero-order valence-electron chi connectivity index (χ0n) is 16.7. The summed E-state index contributed by atoms with van der Waals surface area (Å²) in [6, 6.07) is 4.35. The van der Waals surface area contributed by atoms with Crippen molar-refractivity contribution < 1.29 is 8.39 Å². The van der Waals surface area contributed by atoms with Gasteiger partial charge in [0, 0.05) is 0 Å². The zero-order valence-corrected chi connectivity index (χ0v) is 17.6. The van der Waals surface area contributed by atoms with Crippen LogP contribution in [-0.4, -0.2) is 0 Å². The van der Waals surface area contributed by atoms with Crippen LogP contribution < -0.4 is 11.3 Å². The van der Waals surface area contributed by atoms with Gasteiger partial charge < -0.3 is 8.39 Å². The predicted molar refractivity (Wildman–Crippen MR) is 104 cm³/mol. The third-order valence-electron chi connectivity index (χ3n) is 4.27. The summed E-state index contributed by atoms with van der Waals surface area (Å²) in [5.41, 5.74) is 1.18. The molecule has 0 aliphatic rings. The van der Waals surface area contributed by atoms with E-state index in [0.29, 0.717) is 0 Å². The fraction of sp³-hybridized carbons (Fsp3) is 0.600. The molecule has 0 spiro atoms. The maximum Gasteiger partial charge on any atom is 0.428 e. The fourth-order valence-electron chi connectivity index (χ4n) is 2.74. The molecule has 0 N–H and O–H groups in total. The van der Waals surface area contributed by atoms with Gasteiger partial charge in [0.05, 0.1) is 5.30 Å². The van der Waals surface area contributed by atoms with Gasteiger partial charge in [-0.2, -0.15) is 0 Å². The van der Waals surface area contributed by atoms with Crippen molar-refractivity contribution in [3.8, 4) is 5.30 Å². The number of benzene rings is 1. The molecule has 0 fully saturated rings. The Morgan fingerprint density at radius 1 is 0.680 bits per heavy atom. The smallest absolute Gasteiger partial charge is 0.373 e. The summed E-state index contributed by atoms with van der Waals surface area (Å²) in [6.07, 6.45) is 0. The molecule has 1 heterocycles. The van der Waals surface area contributed by atoms with E-state index >= 15 is 0 Å². The Balaban J connectivity index is 3.01. The molecule has 0 saturated heterocycles. The Morgan fingerprint density at radius 3 is 1.32 bits per heavy atom. The molecular weight excluding hydrogens is 335 g/mol. The Kier molecular flexibility index (Phi) is 4.76. The van der Waals surface area contributed by atoms with Gasteiger partial charge in [0.25, 0.3) is 8.01 Å². The maximum absolute atomic E-state index is 11.6. The van der Waals surface area contributed by atoms with Crippen LogP contribution in [0.1, 0.15) is 79.0 Å². The van der Waals surface area contributed by atoms with E-state index in [0.717, 1.165) is 16.4 Å². The highest BCUT2D eigenvalue weighted by molar-refractivity contribution is 7.45. The normalized spacial score (nSPS) is 13.3. The van der Waals surface area contributed by atoms with Crippen LogP contribution in [0.5, 0.6) is 0 Å². The zero-order chi connectivity index (χ0) is 19.4. The van der Waals surface area contributed by atoms with Crippen LogP contribution in [0.15, 0.2) is 30.1 Å². The maximum atomic E-state index is 11.6. The molecule has 0 amide bonds. The first-order valence-electron chi connectivity index (χ1n) is 8.56. The predicted octanol–water partition coefficient (Wildman–Crippen LogP) is 5.46. The molecule has 4 nitrogen and oxygen atoms in total. The van der Waals surface area contributed by atoms with E-state index in [1.165, 1.54) is 5.56 Å². The second-order valence-corrected chi connectivity index (χ2v) is 11.0. The molecule has 138 valence electrons. The third kappa shape index (κ3) is 4.00. The molecular formula is C20H29O4P. The van der Waals surface area contributed by atoms with Crippen molar-refractivity contribution in [2.75, 3.05) is 0 Å². The second-order valence-electron chi connectivity index (χ2n) is 9.68. The molecule has 0 saturated carbocycles. The summed E-state index contributed by atoms with van der Waals surface area (Å²) in [5.74, 6) is 0. The van der Waals surface area contributed by atoms with Crippen LogP contribution >= 0.6 is 8.01 Å². The summed E-state index contributed by atoms with van der Waals surface area (Å²) < 4.78 is 10.6. The molecule has 0 radical (unpaired) electrons. The summed E-state index contributed by atoms with van der Waals surface area (Å²) >= 11 is 0. The van der Waals surface area contributed by atoms with Crippen LogP contribution in [-0.2, 0) is 16.2 Å². The van der Waals surface area contributed by atoms with Crippen LogP contribution in [0, 0.1) is 0 Å². The Morgan fingerprint density at radius 2 is 1.04 bits per heavy atom. The molecule has 0 aliphatic carbocycles. The van der Waals surface area contributed by atoms with Gasteiger partial charge in [0.1, 0.15) is 0 Å². The first kappa shape index (κ1) is 19.8. The van der Waals surface area contributed by atoms with E-state index in [2.05, 4.69) is 74.4 Å². The highest BCUT2D eigenvalue weighted by Crippen LogP contribution is 2.50. The number of rotatable bonds is 1. The lowest BCUT2D eigenvalue weighted by molar-refractivity contribution is 0.549. The van der Waals surface area contributed by atoms with Crippen LogP contribution in [0.2, 0.25) is 0 Å². The third-order valence-corrected chi connectivity index (χ3v) is 5.78. The topological polar surface area (TPSA) is 60.4 Å². The standard InChI is InChI=1S/C20H29O4P/c1-18(2,3)12-10-13(19(4,5)6)15(14(11-12)20(7,8)9)25-23-16(21)17(22)24-25/h10-11H,1-9H3. The quantitative estimate of drug-likeness (QED) is 0.630. The van der Waals surface area contributed by atoms with Gasteiger partial charge in [-0.3, -0.25) is 0 Å². The summed E-state index contributed by atoms with van der Waals surface area (Å²) in [5, 5.41) is 0.863. The molecule has 0 unspecified atom stereocenters. The molecule has 0 bridgehead atoms. The van der Waals surface area contributed by atoms with Gasteiger partial charge in [-0.1, -0.05) is 74.4 Å². The largest absolute Gasteiger partial charge is 0.428 e. The molecule has 25 heavy (non-hydrogen) atoms. The van der Waals surface area contributed by atoms with Crippen molar-refractivity contribution in [2.45, 2.75) is 78.6 Å². The van der Waals surface area contributed by atoms with Gasteiger partial charge in [-0.15, -0.1) is 0 Å². The summed E-state index contributed by atoms with van der Waals surface area (Å²) in [4.78, 5) is 23.3. The Labute approximate surface area is 150 Å². The van der Waals surface area contributed by atoms with Crippen molar-refractivity contribution in [1.82, 2.24) is 0 Å². The van der Waals surface area contributed by atoms with Crippen LogP contribution in [0.4, 0.5) is 0 Å². The van der Waals surface area contributed by atoms with E-state index in [-0.39, 0.29) is 16.2 Å². The van der Waals surface area contributed by atoms with Gasteiger partial charge in [0.15, 0.2) is 0 Å². The van der Waals surface area contributed by atoms with Crippen molar-refractivity contribution >= 4 is 8.01 Å². The van der Waals surface area contributed by atoms with E-state index in [1.807, 2.05) is 0 Å². The van der Waals surface area contributed by atoms with Gasteiger partial charge in [-0.05, 0) is 32.9 Å². The van der Waals surface area contributed by atoms with Gasteiger partial charge in [-0.25, -0.2) is 9.59 Å². The minimum Gasteiger partial charge on any atom is -0.373 e. The van der Waals surface area contributed by atoms with Crippen molar-refractivity contribution in [1.29, 1.82) is 0 Å². The SMILES string of the molecule is CC(C)(C)c1cc(C(C)(C)C)c(-p2oc(=O)c(=O)o2)c(C(C)(C)C)c1. The first-order chi connectivity index (χ1) is 11.1. The van der Waals surface area contributed by atoms with E-state index < -0.39 is 19.3 Å². The van der Waals surface area contributed by atoms with Gasteiger partial charge >= 0.3 is 11.3 Å². The molecule has 1 aromatic carbocycles. The van der Waals surface area contributed by atoms with Crippen molar-refractivity contribution in [3.63, 3.8) is 0 Å². The van der Waals surface area contributed by atoms with E-state index in [1.54, 1.807) is 0 Å². The van der Waals surface area contributed by atoms with Crippen molar-refractivity contribution in [2.24, 2.45) is 0 Å². The summed E-state index contributed by atoms with van der Waals surface area (Å²) in [7, 11) is -1.74. The molecule has 0 atom stereocenters. The van der Waals surface area contributed by atoms with E-state index in [4.69, 9.17) is 8.39 Å². The van der Waals surface area contributed by atoms with Crippen LogP contribution in [0.3, 0.4) is 0 Å². The number of hydrogen-bond acceptors (Lipinski definition) is 4. The fourth-order valence-corrected chi connectivity index (χ4v) is 4.61. The minimum absolute atomic E-state index is 0.0190. The number of hydrogen-bond donors (Lipinski definition) is 0. The second kappa shape index (κ2) is 6.02. The minimum atomic E-state index is -1.74. The molecule has 2 aromatic rings. The monoisotopic (exact) mass is 364 g/mol. The van der Waals surface area contributed by atoms with Crippen LogP contribution in [0.25, 0.3) is 5.30 Å². The average molecular weight is 364 g/mol. The van der Waals surface area contributed by atoms with Gasteiger partial charge in [0.2, 0.25) is 0 Å².